The summed E-state index contributed by atoms with van der Waals surface area (Å²) in [4.78, 5) is 6.68. The molecule has 82 valence electrons. The average Bonchev–Trinajstić information content (AvgIpc) is 2.19. The molecule has 1 aromatic heterocycles. The Kier molecular flexibility index (Phi) is 3.56. The molecule has 1 fully saturated rings. The normalized spacial score (nSPS) is 18.3. The van der Waals surface area contributed by atoms with E-state index in [1.54, 1.807) is 0 Å². The van der Waals surface area contributed by atoms with Gasteiger partial charge in [0.2, 0.25) is 0 Å². The van der Waals surface area contributed by atoms with Crippen molar-refractivity contribution in [3.63, 3.8) is 0 Å². The summed E-state index contributed by atoms with van der Waals surface area (Å²) in [6.45, 7) is 6.71. The highest BCUT2D eigenvalue weighted by Gasteiger charge is 2.10. The maximum Gasteiger partial charge on any atom is 0.0582 e. The second-order valence-electron chi connectivity index (χ2n) is 4.11. The maximum absolute atomic E-state index is 4.22. The Bertz CT molecular complexity index is 303. The van der Waals surface area contributed by atoms with Crippen LogP contribution in [-0.2, 0) is 0 Å². The van der Waals surface area contributed by atoms with Gasteiger partial charge in [-0.1, -0.05) is 0 Å². The van der Waals surface area contributed by atoms with Gasteiger partial charge in [-0.05, 0) is 44.5 Å². The SMILES string of the molecule is Cc1ccncc1N1CCCNCCC1. The van der Waals surface area contributed by atoms with Gasteiger partial charge in [0.15, 0.2) is 0 Å². The zero-order valence-corrected chi connectivity index (χ0v) is 9.37. The molecule has 0 saturated carbocycles. The van der Waals surface area contributed by atoms with Crippen LogP contribution in [0.15, 0.2) is 18.5 Å². The fraction of sp³-hybridized carbons (Fsp3) is 0.583. The fourth-order valence-electron chi connectivity index (χ4n) is 2.05. The summed E-state index contributed by atoms with van der Waals surface area (Å²) in [5.74, 6) is 0. The molecule has 0 atom stereocenters. The van der Waals surface area contributed by atoms with Gasteiger partial charge in [0.25, 0.3) is 0 Å². The van der Waals surface area contributed by atoms with Crippen molar-refractivity contribution in [2.75, 3.05) is 31.1 Å². The summed E-state index contributed by atoms with van der Waals surface area (Å²) in [6.07, 6.45) is 6.29. The van der Waals surface area contributed by atoms with Gasteiger partial charge in [-0.15, -0.1) is 0 Å². The zero-order chi connectivity index (χ0) is 10.5. The summed E-state index contributed by atoms with van der Waals surface area (Å²) < 4.78 is 0. The molecule has 1 aromatic rings. The molecule has 0 spiro atoms. The first-order valence-corrected chi connectivity index (χ1v) is 5.74. The highest BCUT2D eigenvalue weighted by molar-refractivity contribution is 5.50. The van der Waals surface area contributed by atoms with E-state index in [4.69, 9.17) is 0 Å². The number of aryl methyl sites for hydroxylation is 1. The number of nitrogens with zero attached hydrogens (tertiary/aromatic N) is 2. The van der Waals surface area contributed by atoms with Crippen molar-refractivity contribution in [3.05, 3.63) is 24.0 Å². The molecule has 3 nitrogen and oxygen atoms in total. The van der Waals surface area contributed by atoms with Crippen LogP contribution < -0.4 is 10.2 Å². The molecule has 2 heterocycles. The number of aromatic nitrogens is 1. The first-order chi connectivity index (χ1) is 7.38. The lowest BCUT2D eigenvalue weighted by Gasteiger charge is -2.28. The number of hydrogen-bond acceptors (Lipinski definition) is 3. The lowest BCUT2D eigenvalue weighted by atomic mass is 10.2. The molecular formula is C12H19N3. The van der Waals surface area contributed by atoms with Crippen LogP contribution in [0.5, 0.6) is 0 Å². The van der Waals surface area contributed by atoms with Crippen LogP contribution in [0.3, 0.4) is 0 Å². The van der Waals surface area contributed by atoms with E-state index in [1.165, 1.54) is 24.1 Å². The molecule has 15 heavy (non-hydrogen) atoms. The molecule has 2 rings (SSSR count). The van der Waals surface area contributed by atoms with E-state index in [9.17, 15) is 0 Å². The maximum atomic E-state index is 4.22. The standard InChI is InChI=1S/C12H19N3/c1-11-4-7-14-10-12(11)15-8-2-5-13-6-3-9-15/h4,7,10,13H,2-3,5-6,8-9H2,1H3. The van der Waals surface area contributed by atoms with E-state index in [1.807, 2.05) is 12.4 Å². The predicted octanol–water partition coefficient (Wildman–Crippen LogP) is 1.58. The Hall–Kier alpha value is -1.09. The van der Waals surface area contributed by atoms with Gasteiger partial charge in [0.05, 0.1) is 11.9 Å². The first kappa shape index (κ1) is 10.4. The third-order valence-corrected chi connectivity index (χ3v) is 2.92. The van der Waals surface area contributed by atoms with Crippen molar-refractivity contribution < 1.29 is 0 Å². The van der Waals surface area contributed by atoms with Crippen molar-refractivity contribution in [2.24, 2.45) is 0 Å². The highest BCUT2D eigenvalue weighted by atomic mass is 15.1. The number of hydrogen-bond donors (Lipinski definition) is 1. The minimum Gasteiger partial charge on any atom is -0.370 e. The topological polar surface area (TPSA) is 28.2 Å². The molecule has 0 amide bonds. The molecule has 0 aliphatic carbocycles. The van der Waals surface area contributed by atoms with Gasteiger partial charge in [-0.3, -0.25) is 4.98 Å². The Labute approximate surface area is 91.5 Å². The van der Waals surface area contributed by atoms with Crippen LogP contribution in [0.4, 0.5) is 5.69 Å². The Balaban J connectivity index is 2.10. The fourth-order valence-corrected chi connectivity index (χ4v) is 2.05. The third kappa shape index (κ3) is 2.69. The summed E-state index contributed by atoms with van der Waals surface area (Å²) in [7, 11) is 0. The van der Waals surface area contributed by atoms with Gasteiger partial charge in [0.1, 0.15) is 0 Å². The lowest BCUT2D eigenvalue weighted by Crippen LogP contribution is -2.34. The van der Waals surface area contributed by atoms with Crippen molar-refractivity contribution >= 4 is 5.69 Å². The molecule has 0 aromatic carbocycles. The van der Waals surface area contributed by atoms with E-state index >= 15 is 0 Å². The van der Waals surface area contributed by atoms with Crippen LogP contribution >= 0.6 is 0 Å². The number of pyridine rings is 1. The van der Waals surface area contributed by atoms with Gasteiger partial charge in [-0.25, -0.2) is 0 Å². The van der Waals surface area contributed by atoms with Gasteiger partial charge in [-0.2, -0.15) is 0 Å². The van der Waals surface area contributed by atoms with E-state index in [0.717, 1.165) is 26.2 Å². The molecule has 0 bridgehead atoms. The molecule has 1 saturated heterocycles. The van der Waals surface area contributed by atoms with Crippen LogP contribution in [-0.4, -0.2) is 31.2 Å². The second kappa shape index (κ2) is 5.12. The minimum atomic E-state index is 1.13. The van der Waals surface area contributed by atoms with Crippen molar-refractivity contribution in [3.8, 4) is 0 Å². The van der Waals surface area contributed by atoms with E-state index < -0.39 is 0 Å². The monoisotopic (exact) mass is 205 g/mol. The average molecular weight is 205 g/mol. The van der Waals surface area contributed by atoms with Crippen molar-refractivity contribution in [1.29, 1.82) is 0 Å². The Morgan fingerprint density at radius 3 is 2.67 bits per heavy atom. The van der Waals surface area contributed by atoms with Crippen molar-refractivity contribution in [2.45, 2.75) is 19.8 Å². The van der Waals surface area contributed by atoms with Crippen LogP contribution in [0, 0.1) is 6.92 Å². The summed E-state index contributed by atoms with van der Waals surface area (Å²) in [5.41, 5.74) is 2.64. The molecule has 1 aliphatic heterocycles. The number of anilines is 1. The molecule has 0 unspecified atom stereocenters. The van der Waals surface area contributed by atoms with Crippen LogP contribution in [0.2, 0.25) is 0 Å². The molecule has 1 aliphatic rings. The van der Waals surface area contributed by atoms with E-state index in [2.05, 4.69) is 28.2 Å². The molecule has 3 heteroatoms. The smallest absolute Gasteiger partial charge is 0.0582 e. The summed E-state index contributed by atoms with van der Waals surface area (Å²) in [5, 5.41) is 3.43. The van der Waals surface area contributed by atoms with Gasteiger partial charge < -0.3 is 10.2 Å². The minimum absolute atomic E-state index is 1.13. The van der Waals surface area contributed by atoms with Gasteiger partial charge in [0, 0.05) is 19.3 Å². The second-order valence-corrected chi connectivity index (χ2v) is 4.11. The Morgan fingerprint density at radius 2 is 2.00 bits per heavy atom. The number of rotatable bonds is 1. The predicted molar refractivity (Wildman–Crippen MR) is 63.3 cm³/mol. The third-order valence-electron chi connectivity index (χ3n) is 2.92. The van der Waals surface area contributed by atoms with Crippen LogP contribution in [0.1, 0.15) is 18.4 Å². The molecule has 1 N–H and O–H groups in total. The summed E-state index contributed by atoms with van der Waals surface area (Å²) in [6, 6.07) is 2.09. The zero-order valence-electron chi connectivity index (χ0n) is 9.37. The first-order valence-electron chi connectivity index (χ1n) is 5.74. The molecule has 0 radical (unpaired) electrons. The highest BCUT2D eigenvalue weighted by Crippen LogP contribution is 2.18. The van der Waals surface area contributed by atoms with E-state index in [-0.39, 0.29) is 0 Å². The largest absolute Gasteiger partial charge is 0.370 e. The summed E-state index contributed by atoms with van der Waals surface area (Å²) >= 11 is 0. The van der Waals surface area contributed by atoms with Crippen LogP contribution in [0.25, 0.3) is 0 Å². The van der Waals surface area contributed by atoms with Crippen molar-refractivity contribution in [1.82, 2.24) is 10.3 Å². The number of nitrogens with one attached hydrogen (secondary N) is 1. The van der Waals surface area contributed by atoms with Gasteiger partial charge >= 0.3 is 0 Å². The lowest BCUT2D eigenvalue weighted by molar-refractivity contribution is 0.566. The molecular weight excluding hydrogens is 186 g/mol. The van der Waals surface area contributed by atoms with E-state index in [0.29, 0.717) is 0 Å². The quantitative estimate of drug-likeness (QED) is 0.754. The Morgan fingerprint density at radius 1 is 1.27 bits per heavy atom.